The lowest BCUT2D eigenvalue weighted by molar-refractivity contribution is 0.103. The number of hydrogen-bond donors (Lipinski definition) is 0. The van der Waals surface area contributed by atoms with Gasteiger partial charge in [0, 0.05) is 23.5 Å². The monoisotopic (exact) mass is 319 g/mol. The molecule has 0 saturated heterocycles. The van der Waals surface area contributed by atoms with E-state index in [1.165, 1.54) is 36.7 Å². The molecule has 1 heterocycles. The first-order valence-corrected chi connectivity index (χ1v) is 6.96. The largest absolute Gasteiger partial charge is 0.437 e. The highest BCUT2D eigenvalue weighted by atomic mass is 19.1. The quantitative estimate of drug-likeness (QED) is 0.688. The molecule has 0 aliphatic heterocycles. The van der Waals surface area contributed by atoms with Gasteiger partial charge in [0.05, 0.1) is 0 Å². The molecule has 116 valence electrons. The van der Waals surface area contributed by atoms with Gasteiger partial charge in [0.25, 0.3) is 5.88 Å². The van der Waals surface area contributed by atoms with E-state index in [1.54, 1.807) is 24.3 Å². The van der Waals surface area contributed by atoms with Crippen molar-refractivity contribution >= 4 is 5.78 Å². The van der Waals surface area contributed by atoms with E-state index in [1.807, 2.05) is 6.07 Å². The maximum atomic E-state index is 12.9. The summed E-state index contributed by atoms with van der Waals surface area (Å²) in [5.41, 5.74) is 0.906. The number of nitriles is 1. The Bertz CT molecular complexity index is 916. The summed E-state index contributed by atoms with van der Waals surface area (Å²) in [7, 11) is 0. The fourth-order valence-electron chi connectivity index (χ4n) is 2.03. The van der Waals surface area contributed by atoms with Crippen LogP contribution in [0.5, 0.6) is 11.6 Å². The number of aromatic nitrogens is 2. The predicted molar refractivity (Wildman–Crippen MR) is 83.1 cm³/mol. The molecule has 0 saturated carbocycles. The number of nitrogens with zero attached hydrogens (tertiary/aromatic N) is 3. The van der Waals surface area contributed by atoms with Crippen molar-refractivity contribution in [2.24, 2.45) is 0 Å². The first kappa shape index (κ1) is 15.3. The molecule has 2 aromatic carbocycles. The van der Waals surface area contributed by atoms with E-state index in [4.69, 9.17) is 10.00 Å². The molecule has 24 heavy (non-hydrogen) atoms. The molecule has 0 bridgehead atoms. The van der Waals surface area contributed by atoms with Crippen molar-refractivity contribution in [2.75, 3.05) is 0 Å². The van der Waals surface area contributed by atoms with E-state index in [0.29, 0.717) is 16.9 Å². The van der Waals surface area contributed by atoms with E-state index in [9.17, 15) is 9.18 Å². The normalized spacial score (nSPS) is 10.0. The Morgan fingerprint density at radius 2 is 1.54 bits per heavy atom. The van der Waals surface area contributed by atoms with Gasteiger partial charge in [0.1, 0.15) is 17.6 Å². The highest BCUT2D eigenvalue weighted by molar-refractivity contribution is 6.08. The molecule has 0 radical (unpaired) electrons. The molecule has 0 aliphatic carbocycles. The second kappa shape index (κ2) is 6.67. The molecule has 6 heteroatoms. The van der Waals surface area contributed by atoms with E-state index < -0.39 is 5.82 Å². The average molecular weight is 319 g/mol. The van der Waals surface area contributed by atoms with Crippen LogP contribution in [-0.2, 0) is 0 Å². The van der Waals surface area contributed by atoms with Crippen molar-refractivity contribution in [3.8, 4) is 17.7 Å². The number of carbonyl (C=O) groups is 1. The molecule has 3 aromatic rings. The Hall–Kier alpha value is -3.59. The van der Waals surface area contributed by atoms with Gasteiger partial charge in [0.2, 0.25) is 5.69 Å². The molecule has 0 N–H and O–H groups in total. The van der Waals surface area contributed by atoms with E-state index in [0.717, 1.165) is 0 Å². The molecule has 0 fully saturated rings. The maximum absolute atomic E-state index is 12.9. The van der Waals surface area contributed by atoms with Crippen LogP contribution in [0.2, 0.25) is 0 Å². The summed E-state index contributed by atoms with van der Waals surface area (Å²) in [4.78, 5) is 20.1. The lowest BCUT2D eigenvalue weighted by Crippen LogP contribution is -2.01. The van der Waals surface area contributed by atoms with Crippen molar-refractivity contribution in [2.45, 2.75) is 0 Å². The first-order valence-electron chi connectivity index (χ1n) is 6.96. The zero-order valence-corrected chi connectivity index (χ0v) is 12.3. The van der Waals surface area contributed by atoms with Crippen molar-refractivity contribution in [3.05, 3.63) is 83.6 Å². The van der Waals surface area contributed by atoms with Gasteiger partial charge in [0.15, 0.2) is 5.78 Å². The summed E-state index contributed by atoms with van der Waals surface area (Å²) in [6.07, 6.45) is 2.82. The summed E-state index contributed by atoms with van der Waals surface area (Å²) in [6, 6.07) is 13.6. The van der Waals surface area contributed by atoms with Crippen LogP contribution < -0.4 is 4.74 Å². The summed E-state index contributed by atoms with van der Waals surface area (Å²) in [5.74, 6) is -0.105. The third kappa shape index (κ3) is 3.25. The Morgan fingerprint density at radius 1 is 0.958 bits per heavy atom. The number of benzene rings is 2. The highest BCUT2D eigenvalue weighted by Crippen LogP contribution is 2.22. The van der Waals surface area contributed by atoms with Gasteiger partial charge in [-0.1, -0.05) is 0 Å². The summed E-state index contributed by atoms with van der Waals surface area (Å²) in [6.45, 7) is 0. The van der Waals surface area contributed by atoms with Gasteiger partial charge in [-0.05, 0) is 48.5 Å². The molecular weight excluding hydrogens is 309 g/mol. The molecule has 0 spiro atoms. The van der Waals surface area contributed by atoms with Gasteiger partial charge in [-0.2, -0.15) is 5.26 Å². The lowest BCUT2D eigenvalue weighted by atomic mass is 10.0. The molecule has 0 unspecified atom stereocenters. The minimum atomic E-state index is -0.396. The predicted octanol–water partition coefficient (Wildman–Crippen LogP) is 3.51. The summed E-state index contributed by atoms with van der Waals surface area (Å²) < 4.78 is 18.4. The number of hydrogen-bond acceptors (Lipinski definition) is 5. The van der Waals surface area contributed by atoms with Crippen LogP contribution in [-0.4, -0.2) is 15.8 Å². The zero-order valence-electron chi connectivity index (χ0n) is 12.3. The number of rotatable bonds is 4. The van der Waals surface area contributed by atoms with Gasteiger partial charge in [-0.25, -0.2) is 14.4 Å². The number of ether oxygens (including phenoxy) is 1. The van der Waals surface area contributed by atoms with Crippen LogP contribution in [0.1, 0.15) is 21.6 Å². The Kier molecular flexibility index (Phi) is 4.25. The van der Waals surface area contributed by atoms with Crippen LogP contribution in [0.4, 0.5) is 4.39 Å². The Morgan fingerprint density at radius 3 is 2.17 bits per heavy atom. The summed E-state index contributed by atoms with van der Waals surface area (Å²) >= 11 is 0. The lowest BCUT2D eigenvalue weighted by Gasteiger charge is -2.06. The van der Waals surface area contributed by atoms with Crippen molar-refractivity contribution in [1.82, 2.24) is 9.97 Å². The van der Waals surface area contributed by atoms with Crippen LogP contribution in [0.25, 0.3) is 0 Å². The molecule has 0 amide bonds. The number of carbonyl (C=O) groups excluding carboxylic acids is 1. The second-order valence-electron chi connectivity index (χ2n) is 4.78. The molecule has 3 rings (SSSR count). The van der Waals surface area contributed by atoms with Gasteiger partial charge in [-0.15, -0.1) is 0 Å². The van der Waals surface area contributed by atoms with E-state index in [-0.39, 0.29) is 17.4 Å². The van der Waals surface area contributed by atoms with Gasteiger partial charge in [-0.3, -0.25) is 4.79 Å². The van der Waals surface area contributed by atoms with Crippen molar-refractivity contribution in [3.63, 3.8) is 0 Å². The van der Waals surface area contributed by atoms with Crippen LogP contribution in [0.3, 0.4) is 0 Å². The van der Waals surface area contributed by atoms with Crippen LogP contribution in [0, 0.1) is 17.1 Å². The van der Waals surface area contributed by atoms with Gasteiger partial charge < -0.3 is 4.74 Å². The van der Waals surface area contributed by atoms with Crippen LogP contribution in [0.15, 0.2) is 60.9 Å². The minimum absolute atomic E-state index is 0.0731. The van der Waals surface area contributed by atoms with Crippen molar-refractivity contribution in [1.29, 1.82) is 5.26 Å². The minimum Gasteiger partial charge on any atom is -0.437 e. The third-order valence-electron chi connectivity index (χ3n) is 3.21. The van der Waals surface area contributed by atoms with Gasteiger partial charge >= 0.3 is 0 Å². The molecule has 1 aromatic heterocycles. The standard InChI is InChI=1S/C18H10FN3O2/c19-14-5-1-12(2-6-14)17(23)13-3-7-15(8-4-13)24-18-16(11-20)21-9-10-22-18/h1-10H. The van der Waals surface area contributed by atoms with Crippen molar-refractivity contribution < 1.29 is 13.9 Å². The Balaban J connectivity index is 1.79. The third-order valence-corrected chi connectivity index (χ3v) is 3.21. The zero-order chi connectivity index (χ0) is 16.9. The van der Waals surface area contributed by atoms with E-state index in [2.05, 4.69) is 9.97 Å². The topological polar surface area (TPSA) is 75.9 Å². The number of ketones is 1. The molecule has 0 atom stereocenters. The molecular formula is C18H10FN3O2. The second-order valence-corrected chi connectivity index (χ2v) is 4.78. The first-order chi connectivity index (χ1) is 11.7. The SMILES string of the molecule is N#Cc1nccnc1Oc1ccc(C(=O)c2ccc(F)cc2)cc1. The fraction of sp³-hybridized carbons (Fsp3) is 0. The summed E-state index contributed by atoms with van der Waals surface area (Å²) in [5, 5.41) is 8.96. The smallest absolute Gasteiger partial charge is 0.256 e. The molecule has 0 aliphatic rings. The van der Waals surface area contributed by atoms with Crippen LogP contribution >= 0.6 is 0 Å². The van der Waals surface area contributed by atoms with E-state index >= 15 is 0 Å². The maximum Gasteiger partial charge on any atom is 0.256 e. The number of halogens is 1. The fourth-order valence-corrected chi connectivity index (χ4v) is 2.03. The molecule has 5 nitrogen and oxygen atoms in total. The Labute approximate surface area is 137 Å². The average Bonchev–Trinajstić information content (AvgIpc) is 2.63. The highest BCUT2D eigenvalue weighted by Gasteiger charge is 2.11.